The van der Waals surface area contributed by atoms with Gasteiger partial charge in [-0.05, 0) is 61.4 Å². The maximum Gasteiger partial charge on any atom is 0.150 e. The quantitative estimate of drug-likeness (QED) is 0.882. The number of aromatic hydroxyl groups is 1. The summed E-state index contributed by atoms with van der Waals surface area (Å²) in [5.74, 6) is 0.870. The van der Waals surface area contributed by atoms with Crippen molar-refractivity contribution in [1.29, 1.82) is 0 Å². The lowest BCUT2D eigenvalue weighted by molar-refractivity contribution is 0.111. The highest BCUT2D eigenvalue weighted by molar-refractivity contribution is 5.76. The molecule has 0 amide bonds. The first kappa shape index (κ1) is 19.3. The highest BCUT2D eigenvalue weighted by atomic mass is 19.0. The van der Waals surface area contributed by atoms with E-state index in [1.807, 2.05) is 26.0 Å². The van der Waals surface area contributed by atoms with Crippen LogP contribution in [-0.4, -0.2) is 24.8 Å². The fourth-order valence-corrected chi connectivity index (χ4v) is 1.82. The average Bonchev–Trinajstić information content (AvgIpc) is 2.46. The van der Waals surface area contributed by atoms with E-state index in [0.717, 1.165) is 23.2 Å². The Labute approximate surface area is 128 Å². The summed E-state index contributed by atoms with van der Waals surface area (Å²) < 4.78 is 4.98. The van der Waals surface area contributed by atoms with E-state index in [4.69, 9.17) is 9.84 Å². The Morgan fingerprint density at radius 3 is 1.82 bits per heavy atom. The van der Waals surface area contributed by atoms with Crippen molar-refractivity contribution >= 4 is 12.6 Å². The van der Waals surface area contributed by atoms with E-state index in [0.29, 0.717) is 17.4 Å². The number of phenols is 1. The molecule has 0 aromatic heterocycles. The van der Waals surface area contributed by atoms with E-state index in [1.54, 1.807) is 25.3 Å². The summed E-state index contributed by atoms with van der Waals surface area (Å²) in [7, 11) is 1.59. The zero-order chi connectivity index (χ0) is 15.8. The molecule has 0 atom stereocenters. The highest BCUT2D eigenvalue weighted by Gasteiger charge is 1.96. The van der Waals surface area contributed by atoms with Gasteiger partial charge in [0.25, 0.3) is 0 Å². The molecular formula is C17H19FO4. The zero-order valence-electron chi connectivity index (χ0n) is 12.7. The lowest BCUT2D eigenvalue weighted by Crippen LogP contribution is -1.87. The van der Waals surface area contributed by atoms with E-state index >= 15 is 0 Å². The SMILES string of the molecule is COc1cc(C)cc(C=O)c1.Cc1cc(O)cc(C=O)c1.F. The van der Waals surface area contributed by atoms with Gasteiger partial charge >= 0.3 is 0 Å². The minimum Gasteiger partial charge on any atom is -0.508 e. The number of ether oxygens (including phenoxy) is 1. The summed E-state index contributed by atoms with van der Waals surface area (Å²) in [5.41, 5.74) is 3.09. The van der Waals surface area contributed by atoms with Gasteiger partial charge in [0, 0.05) is 11.1 Å². The zero-order valence-corrected chi connectivity index (χ0v) is 12.7. The van der Waals surface area contributed by atoms with E-state index in [1.165, 1.54) is 6.07 Å². The fourth-order valence-electron chi connectivity index (χ4n) is 1.82. The molecule has 1 N–H and O–H groups in total. The highest BCUT2D eigenvalue weighted by Crippen LogP contribution is 2.14. The monoisotopic (exact) mass is 306 g/mol. The minimum absolute atomic E-state index is 0. The molecule has 0 unspecified atom stereocenters. The smallest absolute Gasteiger partial charge is 0.150 e. The molecule has 4 nitrogen and oxygen atoms in total. The van der Waals surface area contributed by atoms with Crippen LogP contribution in [0, 0.1) is 13.8 Å². The number of hydrogen-bond donors (Lipinski definition) is 1. The van der Waals surface area contributed by atoms with Crippen LogP contribution in [0.1, 0.15) is 31.8 Å². The molecule has 0 aliphatic heterocycles. The first-order valence-electron chi connectivity index (χ1n) is 6.35. The molecule has 0 fully saturated rings. The normalized spacial score (nSPS) is 8.86. The third kappa shape index (κ3) is 6.17. The van der Waals surface area contributed by atoms with Gasteiger partial charge < -0.3 is 9.84 Å². The second kappa shape index (κ2) is 9.28. The molecular weight excluding hydrogens is 287 g/mol. The Morgan fingerprint density at radius 2 is 1.36 bits per heavy atom. The van der Waals surface area contributed by atoms with Crippen molar-refractivity contribution < 1.29 is 24.1 Å². The number of benzene rings is 2. The van der Waals surface area contributed by atoms with Crippen LogP contribution in [0.3, 0.4) is 0 Å². The number of hydrogen-bond acceptors (Lipinski definition) is 4. The van der Waals surface area contributed by atoms with Crippen LogP contribution < -0.4 is 4.74 Å². The Morgan fingerprint density at radius 1 is 0.864 bits per heavy atom. The lowest BCUT2D eigenvalue weighted by Gasteiger charge is -2.01. The van der Waals surface area contributed by atoms with Crippen LogP contribution in [-0.2, 0) is 0 Å². The number of rotatable bonds is 3. The predicted molar refractivity (Wildman–Crippen MR) is 83.9 cm³/mol. The number of methoxy groups -OCH3 is 1. The second-order valence-electron chi connectivity index (χ2n) is 4.62. The molecule has 0 aliphatic carbocycles. The minimum atomic E-state index is 0. The number of carbonyl (C=O) groups excluding carboxylic acids is 2. The average molecular weight is 306 g/mol. The number of halogens is 1. The first-order chi connectivity index (χ1) is 9.98. The third-order valence-electron chi connectivity index (χ3n) is 2.67. The van der Waals surface area contributed by atoms with Crippen molar-refractivity contribution in [3.63, 3.8) is 0 Å². The molecule has 22 heavy (non-hydrogen) atoms. The van der Waals surface area contributed by atoms with Gasteiger partial charge in [0.15, 0.2) is 0 Å². The molecule has 0 bridgehead atoms. The van der Waals surface area contributed by atoms with Gasteiger partial charge in [-0.25, -0.2) is 0 Å². The van der Waals surface area contributed by atoms with Gasteiger partial charge in [0.1, 0.15) is 24.1 Å². The van der Waals surface area contributed by atoms with Gasteiger partial charge in [-0.15, -0.1) is 0 Å². The van der Waals surface area contributed by atoms with Gasteiger partial charge in [-0.1, -0.05) is 0 Å². The van der Waals surface area contributed by atoms with Gasteiger partial charge in [0.2, 0.25) is 0 Å². The number of aldehydes is 2. The molecule has 2 aromatic carbocycles. The van der Waals surface area contributed by atoms with E-state index in [-0.39, 0.29) is 10.5 Å². The van der Waals surface area contributed by atoms with Crippen molar-refractivity contribution in [2.24, 2.45) is 0 Å². The molecule has 118 valence electrons. The standard InChI is InChI=1S/C9H10O2.C8H8O2.FH/c1-7-3-8(6-10)5-9(4-7)11-2;1-6-2-7(5-9)4-8(10)3-6;/h3-6H,1-2H3;2-5,10H,1H3;1H. The maximum absolute atomic E-state index is 10.4. The third-order valence-corrected chi connectivity index (χ3v) is 2.67. The summed E-state index contributed by atoms with van der Waals surface area (Å²) in [4.78, 5) is 20.6. The molecule has 2 rings (SSSR count). The van der Waals surface area contributed by atoms with Crippen LogP contribution in [0.2, 0.25) is 0 Å². The molecule has 5 heteroatoms. The predicted octanol–water partition coefficient (Wildman–Crippen LogP) is 3.48. The van der Waals surface area contributed by atoms with Gasteiger partial charge in [0.05, 0.1) is 7.11 Å². The molecule has 0 radical (unpaired) electrons. The Kier molecular flexibility index (Phi) is 8.15. The summed E-state index contributed by atoms with van der Waals surface area (Å²) >= 11 is 0. The fraction of sp³-hybridized carbons (Fsp3) is 0.176. The molecule has 0 spiro atoms. The van der Waals surface area contributed by atoms with Crippen LogP contribution in [0.5, 0.6) is 11.5 Å². The van der Waals surface area contributed by atoms with E-state index in [2.05, 4.69) is 0 Å². The molecule has 2 aromatic rings. The molecule has 0 heterocycles. The Hall–Kier alpha value is -2.69. The second-order valence-corrected chi connectivity index (χ2v) is 4.62. The number of phenolic OH excluding ortho intramolecular Hbond substituents is 1. The Balaban J connectivity index is 0.000000385. The van der Waals surface area contributed by atoms with Crippen molar-refractivity contribution in [2.45, 2.75) is 13.8 Å². The van der Waals surface area contributed by atoms with Crippen molar-refractivity contribution in [2.75, 3.05) is 7.11 Å². The van der Waals surface area contributed by atoms with Crippen LogP contribution >= 0.6 is 0 Å². The van der Waals surface area contributed by atoms with Gasteiger partial charge in [-0.3, -0.25) is 14.3 Å². The molecule has 0 aliphatic rings. The summed E-state index contributed by atoms with van der Waals surface area (Å²) in [5, 5.41) is 8.97. The topological polar surface area (TPSA) is 63.6 Å². The van der Waals surface area contributed by atoms with Crippen LogP contribution in [0.25, 0.3) is 0 Å². The maximum atomic E-state index is 10.4. The summed E-state index contributed by atoms with van der Waals surface area (Å²) in [6, 6.07) is 10.2. The van der Waals surface area contributed by atoms with E-state index < -0.39 is 0 Å². The van der Waals surface area contributed by atoms with Crippen LogP contribution in [0.4, 0.5) is 4.70 Å². The first-order valence-corrected chi connectivity index (χ1v) is 6.35. The van der Waals surface area contributed by atoms with Gasteiger partial charge in [-0.2, -0.15) is 0 Å². The molecule has 0 saturated heterocycles. The largest absolute Gasteiger partial charge is 0.508 e. The van der Waals surface area contributed by atoms with Crippen molar-refractivity contribution in [3.05, 3.63) is 58.7 Å². The summed E-state index contributed by atoms with van der Waals surface area (Å²) in [6.07, 6.45) is 1.53. The number of carbonyl (C=O) groups is 2. The van der Waals surface area contributed by atoms with Crippen LogP contribution in [0.15, 0.2) is 36.4 Å². The van der Waals surface area contributed by atoms with Crippen molar-refractivity contribution in [3.8, 4) is 11.5 Å². The summed E-state index contributed by atoms with van der Waals surface area (Å²) in [6.45, 7) is 3.75. The Bertz CT molecular complexity index is 618. The van der Waals surface area contributed by atoms with E-state index in [9.17, 15) is 9.59 Å². The number of aryl methyl sites for hydroxylation is 2. The van der Waals surface area contributed by atoms with Crippen molar-refractivity contribution in [1.82, 2.24) is 0 Å². The molecule has 0 saturated carbocycles. The lowest BCUT2D eigenvalue weighted by atomic mass is 10.1.